The largest absolute Gasteiger partial charge is 0.468 e. The maximum atomic E-state index is 14.2. The van der Waals surface area contributed by atoms with Crippen LogP contribution in [0, 0.1) is 18.3 Å². The van der Waals surface area contributed by atoms with E-state index in [9.17, 15) is 18.0 Å². The Bertz CT molecular complexity index is 1240. The van der Waals surface area contributed by atoms with Crippen LogP contribution in [0.25, 0.3) is 0 Å². The minimum atomic E-state index is -4.04. The van der Waals surface area contributed by atoms with Crippen LogP contribution in [0.5, 0.6) is 0 Å². The van der Waals surface area contributed by atoms with E-state index in [1.807, 2.05) is 39.0 Å². The van der Waals surface area contributed by atoms with Crippen molar-refractivity contribution in [3.63, 3.8) is 0 Å². The second kappa shape index (κ2) is 9.17. The Morgan fingerprint density at radius 2 is 1.82 bits per heavy atom. The summed E-state index contributed by atoms with van der Waals surface area (Å²) in [6.07, 6.45) is 8.26. The lowest BCUT2D eigenvalue weighted by molar-refractivity contribution is -0.151. The van der Waals surface area contributed by atoms with Crippen molar-refractivity contribution < 1.29 is 22.7 Å². The van der Waals surface area contributed by atoms with E-state index < -0.39 is 33.1 Å². The van der Waals surface area contributed by atoms with Gasteiger partial charge in [-0.05, 0) is 68.7 Å². The van der Waals surface area contributed by atoms with Crippen molar-refractivity contribution in [1.29, 1.82) is 0 Å². The standard InChI is InChI=1S/C27H33NO5S/c1-18(2)23-22-17-20-11-9-7-5-6-8-10-16-27(23,26(30)33-4)25(29)24(22)28(20)34(31,32)21-14-12-19(3)13-15-21/h8,10,12-15,17-18,23H,5-7,9,11,16H2,1-4H3/b10-8+/t23-,27-/m0/s1. The average molecular weight is 484 g/mol. The van der Waals surface area contributed by atoms with Crippen molar-refractivity contribution in [2.24, 2.45) is 11.3 Å². The molecule has 0 unspecified atom stereocenters. The van der Waals surface area contributed by atoms with Gasteiger partial charge in [-0.3, -0.25) is 9.59 Å². The number of ketones is 1. The Morgan fingerprint density at radius 1 is 1.12 bits per heavy atom. The molecule has 0 N–H and O–H groups in total. The number of allylic oxidation sites excluding steroid dienone is 2. The van der Waals surface area contributed by atoms with Gasteiger partial charge in [0, 0.05) is 11.6 Å². The molecule has 0 fully saturated rings. The molecule has 2 aromatic rings. The third-order valence-electron chi connectivity index (χ3n) is 7.23. The van der Waals surface area contributed by atoms with Gasteiger partial charge in [-0.15, -0.1) is 0 Å². The van der Waals surface area contributed by atoms with Gasteiger partial charge in [0.05, 0.1) is 12.0 Å². The minimum absolute atomic E-state index is 0.0754. The van der Waals surface area contributed by atoms with Gasteiger partial charge in [0.1, 0.15) is 11.1 Å². The first kappa shape index (κ1) is 24.5. The van der Waals surface area contributed by atoms with Gasteiger partial charge in [-0.25, -0.2) is 12.4 Å². The highest BCUT2D eigenvalue weighted by molar-refractivity contribution is 7.90. The van der Waals surface area contributed by atoms with Crippen LogP contribution in [0.4, 0.5) is 0 Å². The Hall–Kier alpha value is -2.67. The third kappa shape index (κ3) is 3.74. The Balaban J connectivity index is 2.03. The van der Waals surface area contributed by atoms with Crippen LogP contribution in [0.1, 0.15) is 79.2 Å². The molecule has 2 aliphatic carbocycles. The van der Waals surface area contributed by atoms with Gasteiger partial charge < -0.3 is 4.74 Å². The topological polar surface area (TPSA) is 82.4 Å². The zero-order chi connectivity index (χ0) is 24.7. The molecular formula is C27H33NO5S. The van der Waals surface area contributed by atoms with Crippen LogP contribution in [-0.2, 0) is 26.0 Å². The summed E-state index contributed by atoms with van der Waals surface area (Å²) in [6.45, 7) is 5.84. The van der Waals surface area contributed by atoms with E-state index >= 15 is 0 Å². The van der Waals surface area contributed by atoms with Gasteiger partial charge in [0.25, 0.3) is 10.0 Å². The molecule has 182 valence electrons. The van der Waals surface area contributed by atoms with Crippen LogP contribution in [0.3, 0.4) is 0 Å². The molecular weight excluding hydrogens is 450 g/mol. The Morgan fingerprint density at radius 3 is 2.47 bits per heavy atom. The molecule has 34 heavy (non-hydrogen) atoms. The molecule has 5 rings (SSSR count). The predicted molar refractivity (Wildman–Crippen MR) is 130 cm³/mol. The van der Waals surface area contributed by atoms with Gasteiger partial charge in [0.15, 0.2) is 5.78 Å². The fourth-order valence-corrected chi connectivity index (χ4v) is 7.25. The van der Waals surface area contributed by atoms with Gasteiger partial charge in [-0.1, -0.05) is 50.1 Å². The highest BCUT2D eigenvalue weighted by atomic mass is 32.2. The minimum Gasteiger partial charge on any atom is -0.468 e. The van der Waals surface area contributed by atoms with Crippen molar-refractivity contribution in [3.05, 3.63) is 65.0 Å². The summed E-state index contributed by atoms with van der Waals surface area (Å²) in [4.78, 5) is 27.6. The number of rotatable bonds is 4. The van der Waals surface area contributed by atoms with Crippen LogP contribution < -0.4 is 0 Å². The fraction of sp³-hybridized carbons (Fsp3) is 0.481. The van der Waals surface area contributed by atoms with E-state index in [0.29, 0.717) is 17.7 Å². The first-order chi connectivity index (χ1) is 16.2. The lowest BCUT2D eigenvalue weighted by atomic mass is 9.68. The van der Waals surface area contributed by atoms with E-state index in [1.54, 1.807) is 24.3 Å². The number of carbonyl (C=O) groups excluding carboxylic acids is 2. The molecule has 0 spiro atoms. The van der Waals surface area contributed by atoms with Gasteiger partial charge in [0.2, 0.25) is 0 Å². The average Bonchev–Trinajstić information content (AvgIpc) is 3.28. The van der Waals surface area contributed by atoms with E-state index in [-0.39, 0.29) is 22.9 Å². The van der Waals surface area contributed by atoms with Crippen LogP contribution >= 0.6 is 0 Å². The number of methoxy groups -OCH3 is 1. The number of benzene rings is 1. The van der Waals surface area contributed by atoms with E-state index in [4.69, 9.17) is 4.74 Å². The molecule has 0 amide bonds. The number of hydrogen-bond donors (Lipinski definition) is 0. The summed E-state index contributed by atoms with van der Waals surface area (Å²) in [5.74, 6) is -1.61. The molecule has 1 aliphatic heterocycles. The van der Waals surface area contributed by atoms with Crippen LogP contribution in [-0.4, -0.2) is 31.3 Å². The van der Waals surface area contributed by atoms with Crippen molar-refractivity contribution >= 4 is 21.8 Å². The molecule has 2 atom stereocenters. The second-order valence-corrected chi connectivity index (χ2v) is 11.6. The number of fused-ring (bicyclic) bond motifs is 6. The number of Topliss-reactive ketones (excluding diaryl/α,β-unsaturated/α-hetero) is 1. The highest BCUT2D eigenvalue weighted by Crippen LogP contribution is 2.55. The van der Waals surface area contributed by atoms with Gasteiger partial charge in [-0.2, -0.15) is 0 Å². The number of esters is 1. The fourth-order valence-electron chi connectivity index (χ4n) is 5.67. The Kier molecular flexibility index (Phi) is 6.60. The van der Waals surface area contributed by atoms with Crippen LogP contribution in [0.15, 0.2) is 47.4 Å². The Labute approximate surface area is 202 Å². The second-order valence-electron chi connectivity index (χ2n) is 9.81. The monoisotopic (exact) mass is 483 g/mol. The summed E-state index contributed by atoms with van der Waals surface area (Å²) < 4.78 is 34.3. The first-order valence-corrected chi connectivity index (χ1v) is 13.4. The van der Waals surface area contributed by atoms with Crippen molar-refractivity contribution in [1.82, 2.24) is 3.97 Å². The first-order valence-electron chi connectivity index (χ1n) is 12.0. The number of nitrogens with zero attached hydrogens (tertiary/aromatic N) is 1. The quantitative estimate of drug-likeness (QED) is 0.339. The number of aromatic nitrogens is 1. The van der Waals surface area contributed by atoms with E-state index in [2.05, 4.69) is 0 Å². The molecule has 3 aliphatic rings. The molecule has 4 bridgehead atoms. The highest BCUT2D eigenvalue weighted by Gasteiger charge is 2.61. The maximum Gasteiger partial charge on any atom is 0.320 e. The summed E-state index contributed by atoms with van der Waals surface area (Å²) >= 11 is 0. The smallest absolute Gasteiger partial charge is 0.320 e. The lowest BCUT2D eigenvalue weighted by Crippen LogP contribution is -2.43. The van der Waals surface area contributed by atoms with Crippen molar-refractivity contribution in [2.45, 2.75) is 70.1 Å². The van der Waals surface area contributed by atoms with Crippen molar-refractivity contribution in [3.8, 4) is 0 Å². The predicted octanol–water partition coefficient (Wildman–Crippen LogP) is 5.19. The lowest BCUT2D eigenvalue weighted by Gasteiger charge is -2.33. The summed E-state index contributed by atoms with van der Waals surface area (Å²) in [5.41, 5.74) is 0.843. The summed E-state index contributed by atoms with van der Waals surface area (Å²) in [5, 5.41) is 0. The molecule has 0 radical (unpaired) electrons. The molecule has 7 heteroatoms. The van der Waals surface area contributed by atoms with E-state index in [1.165, 1.54) is 11.1 Å². The summed E-state index contributed by atoms with van der Waals surface area (Å²) in [6, 6.07) is 8.51. The number of carbonyl (C=O) groups is 2. The molecule has 2 heterocycles. The SMILES string of the molecule is COC(=O)[C@]12C/C=C/CCCCCc3cc(c(n3S(=O)(=O)c3ccc(C)cc3)C1=O)[C@@H]2C(C)C. The molecule has 0 saturated carbocycles. The van der Waals surface area contributed by atoms with Crippen LogP contribution in [0.2, 0.25) is 0 Å². The maximum absolute atomic E-state index is 14.2. The molecule has 1 aromatic carbocycles. The van der Waals surface area contributed by atoms with Gasteiger partial charge >= 0.3 is 5.97 Å². The molecule has 0 saturated heterocycles. The molecule has 1 aromatic heterocycles. The zero-order valence-electron chi connectivity index (χ0n) is 20.3. The zero-order valence-corrected chi connectivity index (χ0v) is 21.2. The normalized spacial score (nSPS) is 23.9. The molecule has 6 nitrogen and oxygen atoms in total. The summed E-state index contributed by atoms with van der Waals surface area (Å²) in [7, 11) is -2.75. The number of hydrogen-bond acceptors (Lipinski definition) is 5. The number of ether oxygens (including phenoxy) is 1. The van der Waals surface area contributed by atoms with E-state index in [0.717, 1.165) is 31.2 Å². The third-order valence-corrected chi connectivity index (χ3v) is 9.00. The number of aryl methyl sites for hydroxylation is 2. The van der Waals surface area contributed by atoms with Crippen molar-refractivity contribution in [2.75, 3.05) is 7.11 Å².